The van der Waals surface area contributed by atoms with Crippen molar-refractivity contribution in [2.75, 3.05) is 32.8 Å². The fraction of sp³-hybridized carbons (Fsp3) is 0.289. The molecule has 4 aromatic carbocycles. The minimum atomic E-state index is -0.00179. The Morgan fingerprint density at radius 2 is 1.51 bits per heavy atom. The lowest BCUT2D eigenvalue weighted by molar-refractivity contribution is -0.127. The molecule has 53 heavy (non-hydrogen) atoms. The van der Waals surface area contributed by atoms with Crippen LogP contribution in [-0.4, -0.2) is 53.5 Å². The van der Waals surface area contributed by atoms with Crippen molar-refractivity contribution in [1.82, 2.24) is 14.8 Å². The van der Waals surface area contributed by atoms with Crippen molar-refractivity contribution in [2.24, 2.45) is 0 Å². The molecule has 2 fully saturated rings. The van der Waals surface area contributed by atoms with Gasteiger partial charge in [0, 0.05) is 51.3 Å². The first-order valence-electron chi connectivity index (χ1n) is 18.5. The molecule has 8 heteroatoms. The number of halogens is 1. The summed E-state index contributed by atoms with van der Waals surface area (Å²) in [5, 5.41) is 0.447. The maximum atomic E-state index is 13.1. The van der Waals surface area contributed by atoms with Crippen LogP contribution in [0.15, 0.2) is 109 Å². The molecule has 1 saturated heterocycles. The van der Waals surface area contributed by atoms with Crippen LogP contribution < -0.4 is 14.2 Å². The molecule has 1 aromatic heterocycles. The Labute approximate surface area is 317 Å². The molecule has 1 aliphatic heterocycles. The number of nitrogens with zero attached hydrogens (tertiary/aromatic N) is 3. The standard InChI is InChI=1S/C45H46ClN3O4/c1-32-3-5-36(6-4-32)31-52-41-18-19-43(47-29-41)53-45-33(2)27-37(28-42(45)46)11-20-44(50)49-24-22-48(23-25-49)30-35-9-7-34(8-10-35)21-26-51-40-16-14-39(15-17-40)38-12-13-38/h3-11,14-20,27-29,38H,12-13,21-26,30-31H2,1-2H3. The second-order valence-electron chi connectivity index (χ2n) is 14.1. The van der Waals surface area contributed by atoms with Crippen molar-refractivity contribution in [2.45, 2.75) is 52.2 Å². The number of aryl methyl sites for hydroxylation is 2. The predicted molar refractivity (Wildman–Crippen MR) is 211 cm³/mol. The number of rotatable bonds is 14. The zero-order valence-electron chi connectivity index (χ0n) is 30.5. The van der Waals surface area contributed by atoms with Crippen molar-refractivity contribution in [1.29, 1.82) is 0 Å². The van der Waals surface area contributed by atoms with Gasteiger partial charge in [-0.25, -0.2) is 4.98 Å². The van der Waals surface area contributed by atoms with Gasteiger partial charge in [0.25, 0.3) is 0 Å². The number of carbonyl (C=O) groups is 1. The van der Waals surface area contributed by atoms with Gasteiger partial charge >= 0.3 is 0 Å². The van der Waals surface area contributed by atoms with Crippen molar-refractivity contribution < 1.29 is 19.0 Å². The molecule has 2 heterocycles. The monoisotopic (exact) mass is 727 g/mol. The molecule has 272 valence electrons. The molecular formula is C45H46ClN3O4. The van der Waals surface area contributed by atoms with Crippen LogP contribution in [0.5, 0.6) is 23.1 Å². The summed E-state index contributed by atoms with van der Waals surface area (Å²) in [5.41, 5.74) is 7.96. The highest BCUT2D eigenvalue weighted by Gasteiger charge is 2.23. The van der Waals surface area contributed by atoms with E-state index >= 15 is 0 Å². The number of amides is 1. The molecule has 1 amide bonds. The van der Waals surface area contributed by atoms with Crippen LogP contribution in [0.4, 0.5) is 0 Å². The molecule has 0 bridgehead atoms. The molecule has 0 N–H and O–H groups in total. The van der Waals surface area contributed by atoms with Crippen LogP contribution in [0.3, 0.4) is 0 Å². The summed E-state index contributed by atoms with van der Waals surface area (Å²) in [6.45, 7) is 9.03. The van der Waals surface area contributed by atoms with Crippen LogP contribution >= 0.6 is 11.6 Å². The number of aromatic nitrogens is 1. The molecular weight excluding hydrogens is 682 g/mol. The number of pyridine rings is 1. The van der Waals surface area contributed by atoms with E-state index in [1.807, 2.05) is 30.0 Å². The van der Waals surface area contributed by atoms with E-state index in [0.717, 1.165) is 54.4 Å². The van der Waals surface area contributed by atoms with E-state index in [-0.39, 0.29) is 5.91 Å². The second kappa shape index (κ2) is 17.1. The summed E-state index contributed by atoms with van der Waals surface area (Å²) >= 11 is 6.64. The van der Waals surface area contributed by atoms with E-state index in [4.69, 9.17) is 25.8 Å². The zero-order chi connectivity index (χ0) is 36.6. The van der Waals surface area contributed by atoms with Crippen molar-refractivity contribution in [3.8, 4) is 23.1 Å². The fourth-order valence-corrected chi connectivity index (χ4v) is 6.77. The van der Waals surface area contributed by atoms with Crippen molar-refractivity contribution >= 4 is 23.6 Å². The van der Waals surface area contributed by atoms with Gasteiger partial charge in [-0.3, -0.25) is 9.69 Å². The number of hydrogen-bond donors (Lipinski definition) is 0. The average molecular weight is 728 g/mol. The molecule has 5 aromatic rings. The Morgan fingerprint density at radius 3 is 2.19 bits per heavy atom. The highest BCUT2D eigenvalue weighted by molar-refractivity contribution is 6.32. The van der Waals surface area contributed by atoms with Crippen LogP contribution in [0, 0.1) is 13.8 Å². The van der Waals surface area contributed by atoms with Gasteiger partial charge in [0.15, 0.2) is 5.75 Å². The maximum Gasteiger partial charge on any atom is 0.246 e. The smallest absolute Gasteiger partial charge is 0.246 e. The molecule has 7 nitrogen and oxygen atoms in total. The molecule has 1 saturated carbocycles. The van der Waals surface area contributed by atoms with Crippen molar-refractivity contribution in [3.63, 3.8) is 0 Å². The largest absolute Gasteiger partial charge is 0.493 e. The zero-order valence-corrected chi connectivity index (χ0v) is 31.2. The summed E-state index contributed by atoms with van der Waals surface area (Å²) in [4.78, 5) is 21.8. The minimum absolute atomic E-state index is 0.00179. The third-order valence-electron chi connectivity index (χ3n) is 9.81. The molecule has 0 unspecified atom stereocenters. The van der Waals surface area contributed by atoms with Gasteiger partial charge in [0.05, 0.1) is 17.8 Å². The lowest BCUT2D eigenvalue weighted by atomic mass is 10.1. The lowest BCUT2D eigenvalue weighted by Crippen LogP contribution is -2.47. The lowest BCUT2D eigenvalue weighted by Gasteiger charge is -2.34. The molecule has 0 spiro atoms. The van der Waals surface area contributed by atoms with Gasteiger partial charge in [-0.05, 0) is 102 Å². The maximum absolute atomic E-state index is 13.1. The van der Waals surface area contributed by atoms with Gasteiger partial charge in [-0.15, -0.1) is 0 Å². The second-order valence-corrected chi connectivity index (χ2v) is 14.5. The first kappa shape index (κ1) is 36.3. The number of carbonyl (C=O) groups excluding carboxylic acids is 1. The van der Waals surface area contributed by atoms with Gasteiger partial charge in [-0.1, -0.05) is 77.8 Å². The SMILES string of the molecule is Cc1ccc(COc2ccc(Oc3c(C)cc(C=CC(=O)N4CCN(Cc5ccc(CCOc6ccc(C7CC7)cc6)cc5)CC4)cc3Cl)nc2)cc1. The van der Waals surface area contributed by atoms with Crippen LogP contribution in [0.25, 0.3) is 6.08 Å². The van der Waals surface area contributed by atoms with E-state index < -0.39 is 0 Å². The third kappa shape index (κ3) is 10.3. The highest BCUT2D eigenvalue weighted by atomic mass is 35.5. The first-order chi connectivity index (χ1) is 25.8. The van der Waals surface area contributed by atoms with E-state index in [9.17, 15) is 4.79 Å². The van der Waals surface area contributed by atoms with Crippen LogP contribution in [-0.2, 0) is 24.4 Å². The van der Waals surface area contributed by atoms with Gasteiger partial charge in [0.2, 0.25) is 11.8 Å². The number of hydrogen-bond acceptors (Lipinski definition) is 6. The Balaban J connectivity index is 0.829. The van der Waals surface area contributed by atoms with Gasteiger partial charge < -0.3 is 19.1 Å². The van der Waals surface area contributed by atoms with E-state index in [2.05, 4.69) is 89.6 Å². The summed E-state index contributed by atoms with van der Waals surface area (Å²) < 4.78 is 17.9. The molecule has 1 aliphatic carbocycles. The summed E-state index contributed by atoms with van der Waals surface area (Å²) in [7, 11) is 0. The Hall–Kier alpha value is -5.11. The predicted octanol–water partition coefficient (Wildman–Crippen LogP) is 9.58. The number of piperazine rings is 1. The average Bonchev–Trinajstić information content (AvgIpc) is 4.03. The summed E-state index contributed by atoms with van der Waals surface area (Å²) in [6.07, 6.45) is 8.59. The van der Waals surface area contributed by atoms with Crippen LogP contribution in [0.2, 0.25) is 5.02 Å². The Morgan fingerprint density at radius 1 is 0.811 bits per heavy atom. The first-order valence-corrected chi connectivity index (χ1v) is 18.8. The van der Waals surface area contributed by atoms with Gasteiger partial charge in [-0.2, -0.15) is 0 Å². The summed E-state index contributed by atoms with van der Waals surface area (Å²) in [5.74, 6) is 3.30. The van der Waals surface area contributed by atoms with E-state index in [1.165, 1.54) is 35.1 Å². The minimum Gasteiger partial charge on any atom is -0.493 e. The number of ether oxygens (including phenoxy) is 3. The quantitative estimate of drug-likeness (QED) is 0.106. The third-order valence-corrected chi connectivity index (χ3v) is 10.1. The highest BCUT2D eigenvalue weighted by Crippen LogP contribution is 2.40. The Kier molecular flexibility index (Phi) is 11.7. The van der Waals surface area contributed by atoms with Crippen molar-refractivity contribution in [3.05, 3.63) is 153 Å². The van der Waals surface area contributed by atoms with E-state index in [1.54, 1.807) is 24.4 Å². The summed E-state index contributed by atoms with van der Waals surface area (Å²) in [6, 6.07) is 33.0. The number of benzene rings is 4. The molecule has 2 aliphatic rings. The molecule has 0 radical (unpaired) electrons. The van der Waals surface area contributed by atoms with Gasteiger partial charge in [0.1, 0.15) is 18.1 Å². The van der Waals surface area contributed by atoms with E-state index in [0.29, 0.717) is 48.7 Å². The topological polar surface area (TPSA) is 64.1 Å². The molecule has 7 rings (SSSR count). The molecule has 0 atom stereocenters. The Bertz CT molecular complexity index is 1980. The normalized spacial score (nSPS) is 14.7. The fourth-order valence-electron chi connectivity index (χ4n) is 6.46. The van der Waals surface area contributed by atoms with Crippen LogP contribution in [0.1, 0.15) is 57.7 Å².